The summed E-state index contributed by atoms with van der Waals surface area (Å²) in [4.78, 5) is 0. The molecule has 214 valence electrons. The van der Waals surface area contributed by atoms with Crippen LogP contribution in [0.5, 0.6) is 0 Å². The number of hydrogen-bond acceptors (Lipinski definition) is 3. The molecule has 0 aliphatic heterocycles. The Hall–Kier alpha value is -6.37. The van der Waals surface area contributed by atoms with Crippen LogP contribution in [0.25, 0.3) is 88.4 Å². The average Bonchev–Trinajstić information content (AvgIpc) is 3.70. The molecule has 0 aliphatic carbocycles. The third-order valence-electron chi connectivity index (χ3n) is 8.93. The van der Waals surface area contributed by atoms with E-state index >= 15 is 0 Å². The van der Waals surface area contributed by atoms with Gasteiger partial charge in [-0.3, -0.25) is 0 Å². The van der Waals surface area contributed by atoms with Crippen LogP contribution in [-0.2, 0) is 0 Å². The Morgan fingerprint density at radius 1 is 0.370 bits per heavy atom. The zero-order valence-electron chi connectivity index (χ0n) is 24.7. The Morgan fingerprint density at radius 3 is 1.35 bits per heavy atom. The van der Waals surface area contributed by atoms with Crippen molar-refractivity contribution in [2.75, 3.05) is 0 Å². The second-order valence-electron chi connectivity index (χ2n) is 11.6. The summed E-state index contributed by atoms with van der Waals surface area (Å²) in [5.74, 6) is 0. The fourth-order valence-corrected chi connectivity index (χ4v) is 6.66. The molecule has 0 radical (unpaired) electrons. The molecule has 0 saturated carbocycles. The van der Waals surface area contributed by atoms with Crippen LogP contribution in [0.15, 0.2) is 160 Å². The molecule has 0 unspecified atom stereocenters. The van der Waals surface area contributed by atoms with Crippen LogP contribution in [0, 0.1) is 11.3 Å². The minimum absolute atomic E-state index is 0.611. The Morgan fingerprint density at radius 2 is 0.804 bits per heavy atom. The Balaban J connectivity index is 1.05. The maximum atomic E-state index is 9.92. The second-order valence-corrected chi connectivity index (χ2v) is 11.6. The summed E-state index contributed by atoms with van der Waals surface area (Å²) in [5.41, 5.74) is 12.5. The first-order valence-corrected chi connectivity index (χ1v) is 15.3. The van der Waals surface area contributed by atoms with Crippen molar-refractivity contribution < 1.29 is 8.83 Å². The first-order valence-electron chi connectivity index (χ1n) is 15.3. The van der Waals surface area contributed by atoms with Crippen LogP contribution in [0.3, 0.4) is 0 Å². The van der Waals surface area contributed by atoms with Gasteiger partial charge in [0.25, 0.3) is 0 Å². The number of benzene rings is 7. The summed E-state index contributed by atoms with van der Waals surface area (Å²) in [7, 11) is 0. The van der Waals surface area contributed by atoms with E-state index in [9.17, 15) is 5.26 Å². The maximum absolute atomic E-state index is 9.92. The van der Waals surface area contributed by atoms with Gasteiger partial charge in [-0.15, -0.1) is 0 Å². The van der Waals surface area contributed by atoms with E-state index in [2.05, 4.69) is 109 Å². The first-order chi connectivity index (χ1) is 22.7. The van der Waals surface area contributed by atoms with Gasteiger partial charge in [0, 0.05) is 32.7 Å². The van der Waals surface area contributed by atoms with E-state index in [1.165, 1.54) is 0 Å². The molecule has 9 aromatic rings. The summed E-state index contributed by atoms with van der Waals surface area (Å²) in [6.45, 7) is 0. The summed E-state index contributed by atoms with van der Waals surface area (Å²) < 4.78 is 12.6. The Labute approximate surface area is 265 Å². The van der Waals surface area contributed by atoms with Gasteiger partial charge in [-0.05, 0) is 63.7 Å². The average molecular weight is 588 g/mol. The van der Waals surface area contributed by atoms with Crippen molar-refractivity contribution in [1.29, 1.82) is 5.26 Å². The van der Waals surface area contributed by atoms with E-state index < -0.39 is 0 Å². The van der Waals surface area contributed by atoms with Crippen molar-refractivity contribution in [3.05, 3.63) is 157 Å². The van der Waals surface area contributed by atoms with Crippen molar-refractivity contribution in [3.63, 3.8) is 0 Å². The standard InChI is InChI=1S/C43H25NO2/c44-26-27-23-32(25-33(24-27)35-10-6-12-39-37-8-2-4-14-41(37)46-43(35)39)30-17-15-28(16-18-30)29-19-21-31(22-20-29)34-9-5-11-38-36-7-1-3-13-40(36)45-42(34)38/h1-25H. The number of fused-ring (bicyclic) bond motifs is 6. The number of nitriles is 1. The largest absolute Gasteiger partial charge is 0.455 e. The van der Waals surface area contributed by atoms with Gasteiger partial charge in [0.05, 0.1) is 11.6 Å². The minimum Gasteiger partial charge on any atom is -0.455 e. The number of para-hydroxylation sites is 4. The first kappa shape index (κ1) is 26.1. The number of furan rings is 2. The van der Waals surface area contributed by atoms with Gasteiger partial charge in [0.15, 0.2) is 0 Å². The van der Waals surface area contributed by atoms with Gasteiger partial charge < -0.3 is 8.83 Å². The highest BCUT2D eigenvalue weighted by molar-refractivity contribution is 6.10. The molecule has 2 heterocycles. The van der Waals surface area contributed by atoms with E-state index in [-0.39, 0.29) is 0 Å². The van der Waals surface area contributed by atoms with Crippen molar-refractivity contribution in [3.8, 4) is 50.6 Å². The molecule has 2 aromatic heterocycles. The monoisotopic (exact) mass is 587 g/mol. The van der Waals surface area contributed by atoms with Crippen LogP contribution in [0.4, 0.5) is 0 Å². The highest BCUT2D eigenvalue weighted by Gasteiger charge is 2.15. The maximum Gasteiger partial charge on any atom is 0.143 e. The molecule has 7 aromatic carbocycles. The molecule has 3 heteroatoms. The van der Waals surface area contributed by atoms with Gasteiger partial charge in [-0.25, -0.2) is 0 Å². The molecule has 0 aliphatic rings. The molecule has 0 bridgehead atoms. The van der Waals surface area contributed by atoms with E-state index in [0.29, 0.717) is 5.56 Å². The quantitative estimate of drug-likeness (QED) is 0.206. The van der Waals surface area contributed by atoms with E-state index in [1.54, 1.807) is 0 Å². The molecule has 0 atom stereocenters. The van der Waals surface area contributed by atoms with Crippen LogP contribution in [0.2, 0.25) is 0 Å². The molecule has 0 N–H and O–H groups in total. The molecule has 0 spiro atoms. The third-order valence-corrected chi connectivity index (χ3v) is 8.93. The number of rotatable bonds is 4. The third kappa shape index (κ3) is 4.20. The van der Waals surface area contributed by atoms with Crippen LogP contribution in [0.1, 0.15) is 5.56 Å². The van der Waals surface area contributed by atoms with Crippen molar-refractivity contribution >= 4 is 43.9 Å². The molecule has 46 heavy (non-hydrogen) atoms. The Bertz CT molecular complexity index is 2630. The topological polar surface area (TPSA) is 50.1 Å². The minimum atomic E-state index is 0.611. The van der Waals surface area contributed by atoms with Crippen molar-refractivity contribution in [1.82, 2.24) is 0 Å². The molecule has 3 nitrogen and oxygen atoms in total. The van der Waals surface area contributed by atoms with E-state index in [0.717, 1.165) is 88.4 Å². The fourth-order valence-electron chi connectivity index (χ4n) is 6.66. The second kappa shape index (κ2) is 10.4. The van der Waals surface area contributed by atoms with Crippen molar-refractivity contribution in [2.24, 2.45) is 0 Å². The molecular formula is C43H25NO2. The normalized spacial score (nSPS) is 11.5. The van der Waals surface area contributed by atoms with Crippen LogP contribution >= 0.6 is 0 Å². The highest BCUT2D eigenvalue weighted by Crippen LogP contribution is 2.39. The lowest BCUT2D eigenvalue weighted by Gasteiger charge is -2.10. The molecular weight excluding hydrogens is 562 g/mol. The van der Waals surface area contributed by atoms with E-state index in [4.69, 9.17) is 8.83 Å². The predicted octanol–water partition coefficient (Wildman–Crippen LogP) is 12.0. The molecule has 0 saturated heterocycles. The van der Waals surface area contributed by atoms with Gasteiger partial charge in [-0.1, -0.05) is 121 Å². The molecule has 0 fully saturated rings. The fraction of sp³-hybridized carbons (Fsp3) is 0. The smallest absolute Gasteiger partial charge is 0.143 e. The van der Waals surface area contributed by atoms with Gasteiger partial charge in [0.2, 0.25) is 0 Å². The SMILES string of the molecule is N#Cc1cc(-c2ccc(-c3ccc(-c4cccc5c4oc4ccccc45)cc3)cc2)cc(-c2cccc3c2oc2ccccc23)c1. The van der Waals surface area contributed by atoms with Crippen molar-refractivity contribution in [2.45, 2.75) is 0 Å². The Kier molecular flexibility index (Phi) is 5.88. The lowest BCUT2D eigenvalue weighted by molar-refractivity contribution is 0.669. The van der Waals surface area contributed by atoms with Crippen LogP contribution < -0.4 is 0 Å². The lowest BCUT2D eigenvalue weighted by atomic mass is 9.94. The zero-order chi connectivity index (χ0) is 30.6. The van der Waals surface area contributed by atoms with Crippen LogP contribution in [-0.4, -0.2) is 0 Å². The molecule has 9 rings (SSSR count). The number of nitrogens with zero attached hydrogens (tertiary/aromatic N) is 1. The number of hydrogen-bond donors (Lipinski definition) is 0. The highest BCUT2D eigenvalue weighted by atomic mass is 16.3. The van der Waals surface area contributed by atoms with E-state index in [1.807, 2.05) is 48.5 Å². The van der Waals surface area contributed by atoms with Gasteiger partial charge >= 0.3 is 0 Å². The summed E-state index contributed by atoms with van der Waals surface area (Å²) in [5, 5.41) is 14.3. The zero-order valence-corrected chi connectivity index (χ0v) is 24.7. The lowest BCUT2D eigenvalue weighted by Crippen LogP contribution is -1.87. The predicted molar refractivity (Wildman–Crippen MR) is 187 cm³/mol. The van der Waals surface area contributed by atoms with Gasteiger partial charge in [-0.2, -0.15) is 5.26 Å². The molecule has 0 amide bonds. The summed E-state index contributed by atoms with van der Waals surface area (Å²) in [6.07, 6.45) is 0. The summed E-state index contributed by atoms with van der Waals surface area (Å²) >= 11 is 0. The summed E-state index contributed by atoms with van der Waals surface area (Å²) in [6, 6.07) is 54.4. The van der Waals surface area contributed by atoms with Gasteiger partial charge in [0.1, 0.15) is 22.3 Å².